The van der Waals surface area contributed by atoms with Gasteiger partial charge < -0.3 is 5.32 Å². The Kier molecular flexibility index (Phi) is 6.27. The summed E-state index contributed by atoms with van der Waals surface area (Å²) in [6, 6.07) is 7.28. The van der Waals surface area contributed by atoms with Gasteiger partial charge in [-0.25, -0.2) is 0 Å². The van der Waals surface area contributed by atoms with E-state index in [1.54, 1.807) is 6.07 Å². The zero-order valence-corrected chi connectivity index (χ0v) is 12.4. The van der Waals surface area contributed by atoms with Crippen molar-refractivity contribution in [1.29, 1.82) is 0 Å². The second-order valence-electron chi connectivity index (χ2n) is 4.22. The molecule has 5 heteroatoms. The number of halogens is 3. The van der Waals surface area contributed by atoms with E-state index in [-0.39, 0.29) is 12.3 Å². The number of nitrogens with one attached hydrogen (secondary N) is 1. The highest BCUT2D eigenvalue weighted by atomic mass is 35.5. The number of hydrogen-bond acceptors (Lipinski definition) is 1. The molecule has 0 aliphatic carbocycles. The lowest BCUT2D eigenvalue weighted by Crippen LogP contribution is -2.51. The zero-order chi connectivity index (χ0) is 13.6. The van der Waals surface area contributed by atoms with E-state index >= 15 is 0 Å². The molecule has 0 fully saturated rings. The van der Waals surface area contributed by atoms with Gasteiger partial charge in [0.15, 0.2) is 0 Å². The number of rotatable bonds is 6. The molecule has 0 aliphatic heterocycles. The number of alkyl halides is 2. The summed E-state index contributed by atoms with van der Waals surface area (Å²) in [5, 5.41) is 3.48. The maximum absolute atomic E-state index is 12.0. The van der Waals surface area contributed by atoms with Crippen LogP contribution in [0.25, 0.3) is 0 Å². The normalized spacial score (nSPS) is 11.3. The van der Waals surface area contributed by atoms with Gasteiger partial charge in [-0.2, -0.15) is 0 Å². The zero-order valence-electron chi connectivity index (χ0n) is 10.2. The Balaban J connectivity index is 2.70. The van der Waals surface area contributed by atoms with E-state index in [1.807, 2.05) is 25.1 Å². The molecule has 1 N–H and O–H groups in total. The van der Waals surface area contributed by atoms with Crippen molar-refractivity contribution in [1.82, 2.24) is 5.32 Å². The van der Waals surface area contributed by atoms with Crippen LogP contribution in [-0.4, -0.2) is 23.2 Å². The van der Waals surface area contributed by atoms with Crippen molar-refractivity contribution in [2.24, 2.45) is 0 Å². The van der Waals surface area contributed by atoms with Gasteiger partial charge in [0, 0.05) is 16.8 Å². The maximum Gasteiger partial charge on any atom is 0.224 e. The topological polar surface area (TPSA) is 29.1 Å². The van der Waals surface area contributed by atoms with Crippen LogP contribution in [0, 0.1) is 0 Å². The van der Waals surface area contributed by atoms with Gasteiger partial charge in [-0.3, -0.25) is 4.79 Å². The lowest BCUT2D eigenvalue weighted by Gasteiger charge is -2.29. The van der Waals surface area contributed by atoms with Crippen molar-refractivity contribution in [3.8, 4) is 0 Å². The Labute approximate surface area is 123 Å². The second-order valence-corrected chi connectivity index (χ2v) is 5.16. The molecular formula is C13H16Cl3NO. The third kappa shape index (κ3) is 4.04. The van der Waals surface area contributed by atoms with Gasteiger partial charge in [-0.05, 0) is 18.1 Å². The van der Waals surface area contributed by atoms with Gasteiger partial charge in [-0.15, -0.1) is 23.2 Å². The van der Waals surface area contributed by atoms with Gasteiger partial charge in [0.1, 0.15) is 0 Å². The molecule has 0 radical (unpaired) electrons. The SMILES string of the molecule is CCC(CCl)(CCl)NC(=O)Cc1ccccc1Cl. The van der Waals surface area contributed by atoms with Crippen LogP contribution in [0.15, 0.2) is 24.3 Å². The monoisotopic (exact) mass is 307 g/mol. The molecular weight excluding hydrogens is 293 g/mol. The summed E-state index contributed by atoms with van der Waals surface area (Å²) in [5.74, 6) is 0.467. The van der Waals surface area contributed by atoms with Crippen molar-refractivity contribution >= 4 is 40.7 Å². The van der Waals surface area contributed by atoms with Crippen LogP contribution in [0.2, 0.25) is 5.02 Å². The maximum atomic E-state index is 12.0. The van der Waals surface area contributed by atoms with Crippen molar-refractivity contribution in [2.45, 2.75) is 25.3 Å². The molecule has 0 saturated carbocycles. The molecule has 0 saturated heterocycles. The van der Waals surface area contributed by atoms with Gasteiger partial charge in [-0.1, -0.05) is 36.7 Å². The highest BCUT2D eigenvalue weighted by Crippen LogP contribution is 2.18. The number of benzene rings is 1. The lowest BCUT2D eigenvalue weighted by molar-refractivity contribution is -0.122. The first-order valence-electron chi connectivity index (χ1n) is 5.73. The summed E-state index contributed by atoms with van der Waals surface area (Å²) in [5.41, 5.74) is 0.257. The number of hydrogen-bond donors (Lipinski definition) is 1. The molecule has 18 heavy (non-hydrogen) atoms. The van der Waals surface area contributed by atoms with E-state index in [4.69, 9.17) is 34.8 Å². The molecule has 0 unspecified atom stereocenters. The van der Waals surface area contributed by atoms with Crippen molar-refractivity contribution < 1.29 is 4.79 Å². The summed E-state index contributed by atoms with van der Waals surface area (Å²) in [6.07, 6.45) is 0.920. The largest absolute Gasteiger partial charge is 0.348 e. The highest BCUT2D eigenvalue weighted by molar-refractivity contribution is 6.31. The third-order valence-electron chi connectivity index (χ3n) is 2.90. The summed E-state index contributed by atoms with van der Waals surface area (Å²) in [4.78, 5) is 12.0. The fourth-order valence-electron chi connectivity index (χ4n) is 1.53. The van der Waals surface area contributed by atoms with Gasteiger partial charge >= 0.3 is 0 Å². The Morgan fingerprint density at radius 2 is 1.89 bits per heavy atom. The van der Waals surface area contributed by atoms with Crippen LogP contribution in [0.4, 0.5) is 0 Å². The van der Waals surface area contributed by atoms with E-state index in [2.05, 4.69) is 5.32 Å². The summed E-state index contributed by atoms with van der Waals surface area (Å²) in [7, 11) is 0. The fourth-order valence-corrected chi connectivity index (χ4v) is 2.53. The first kappa shape index (κ1) is 15.6. The van der Waals surface area contributed by atoms with E-state index in [9.17, 15) is 4.79 Å². The van der Waals surface area contributed by atoms with Crippen molar-refractivity contribution in [3.63, 3.8) is 0 Å². The lowest BCUT2D eigenvalue weighted by atomic mass is 10.0. The standard InChI is InChI=1S/C13H16Cl3NO/c1-2-13(8-14,9-15)17-12(18)7-10-5-3-4-6-11(10)16/h3-6H,2,7-9H2,1H3,(H,17,18). The number of amides is 1. The minimum Gasteiger partial charge on any atom is -0.348 e. The van der Waals surface area contributed by atoms with Crippen LogP contribution >= 0.6 is 34.8 Å². The fraction of sp³-hybridized carbons (Fsp3) is 0.462. The van der Waals surface area contributed by atoms with Gasteiger partial charge in [0.05, 0.1) is 12.0 Å². The highest BCUT2D eigenvalue weighted by Gasteiger charge is 2.28. The summed E-state index contributed by atoms with van der Waals surface area (Å²) >= 11 is 17.8. The molecule has 0 aliphatic rings. The first-order valence-corrected chi connectivity index (χ1v) is 7.18. The van der Waals surface area contributed by atoms with E-state index in [1.165, 1.54) is 0 Å². The van der Waals surface area contributed by atoms with Crippen LogP contribution in [0.5, 0.6) is 0 Å². The van der Waals surface area contributed by atoms with Crippen LogP contribution in [-0.2, 0) is 11.2 Å². The molecule has 0 atom stereocenters. The van der Waals surface area contributed by atoms with Gasteiger partial charge in [0.2, 0.25) is 5.91 Å². The van der Waals surface area contributed by atoms with Gasteiger partial charge in [0.25, 0.3) is 0 Å². The van der Waals surface area contributed by atoms with E-state index < -0.39 is 5.54 Å². The Morgan fingerprint density at radius 1 is 1.28 bits per heavy atom. The van der Waals surface area contributed by atoms with Crippen molar-refractivity contribution in [2.75, 3.05) is 11.8 Å². The molecule has 0 heterocycles. The van der Waals surface area contributed by atoms with Crippen molar-refractivity contribution in [3.05, 3.63) is 34.9 Å². The van der Waals surface area contributed by atoms with Crippen LogP contribution < -0.4 is 5.32 Å². The average Bonchev–Trinajstić information content (AvgIpc) is 2.39. The van der Waals surface area contributed by atoms with E-state index in [0.29, 0.717) is 23.2 Å². The molecule has 100 valence electrons. The molecule has 1 amide bonds. The van der Waals surface area contributed by atoms with E-state index in [0.717, 1.165) is 5.56 Å². The Hall–Kier alpha value is -0.440. The second kappa shape index (κ2) is 7.22. The summed E-state index contributed by atoms with van der Waals surface area (Å²) in [6.45, 7) is 1.94. The molecule has 2 nitrogen and oxygen atoms in total. The first-order chi connectivity index (χ1) is 8.56. The summed E-state index contributed by atoms with van der Waals surface area (Å²) < 4.78 is 0. The van der Waals surface area contributed by atoms with Crippen LogP contribution in [0.3, 0.4) is 0 Å². The quantitative estimate of drug-likeness (QED) is 0.799. The smallest absolute Gasteiger partial charge is 0.224 e. The predicted octanol–water partition coefficient (Wildman–Crippen LogP) is 3.63. The Bertz CT molecular complexity index is 397. The number of carbonyl (C=O) groups is 1. The third-order valence-corrected chi connectivity index (χ3v) is 4.29. The van der Waals surface area contributed by atoms with Crippen LogP contribution in [0.1, 0.15) is 18.9 Å². The minimum absolute atomic E-state index is 0.119. The molecule has 1 aromatic rings. The molecule has 0 bridgehead atoms. The molecule has 1 rings (SSSR count). The molecule has 1 aromatic carbocycles. The number of carbonyl (C=O) groups excluding carboxylic acids is 1. The Morgan fingerprint density at radius 3 is 2.39 bits per heavy atom. The molecule has 0 spiro atoms. The predicted molar refractivity (Wildman–Crippen MR) is 77.8 cm³/mol. The average molecular weight is 309 g/mol. The molecule has 0 aromatic heterocycles. The minimum atomic E-state index is -0.540.